The Morgan fingerprint density at radius 3 is 2.26 bits per heavy atom. The first kappa shape index (κ1) is 20.4. The third-order valence-electron chi connectivity index (χ3n) is 4.14. The predicted octanol–water partition coefficient (Wildman–Crippen LogP) is 3.16. The molecule has 0 fully saturated rings. The summed E-state index contributed by atoms with van der Waals surface area (Å²) < 4.78 is 11.7. The molecule has 27 heavy (non-hydrogen) atoms. The zero-order valence-corrected chi connectivity index (χ0v) is 15.9. The molecule has 2 aromatic rings. The number of carbonyl (C=O) groups is 3. The SMILES string of the molecule is CCOC(=O)C(CCn1cccc1C(=O)c1cccc(C)c1)C(=O)OCC. The van der Waals surface area contributed by atoms with Gasteiger partial charge in [-0.3, -0.25) is 14.4 Å². The molecular weight excluding hydrogens is 346 g/mol. The van der Waals surface area contributed by atoms with Gasteiger partial charge in [0.2, 0.25) is 5.78 Å². The standard InChI is InChI=1S/C21H25NO5/c1-4-26-20(24)17(21(25)27-5-2)11-13-22-12-7-10-18(22)19(23)16-9-6-8-15(3)14-16/h6-10,12,14,17H,4-5,11,13H2,1-3H3. The van der Waals surface area contributed by atoms with Crippen molar-refractivity contribution in [2.45, 2.75) is 33.7 Å². The van der Waals surface area contributed by atoms with Gasteiger partial charge in [0.15, 0.2) is 5.92 Å². The highest BCUT2D eigenvalue weighted by Crippen LogP contribution is 2.16. The first-order valence-electron chi connectivity index (χ1n) is 9.07. The molecule has 0 atom stereocenters. The van der Waals surface area contributed by atoms with E-state index in [2.05, 4.69) is 0 Å². The maximum absolute atomic E-state index is 12.8. The molecule has 1 aromatic carbocycles. The number of nitrogens with zero attached hydrogens (tertiary/aromatic N) is 1. The zero-order chi connectivity index (χ0) is 19.8. The van der Waals surface area contributed by atoms with Crippen molar-refractivity contribution < 1.29 is 23.9 Å². The molecule has 6 nitrogen and oxygen atoms in total. The van der Waals surface area contributed by atoms with Crippen LogP contribution in [0.2, 0.25) is 0 Å². The molecule has 0 radical (unpaired) electrons. The van der Waals surface area contributed by atoms with Crippen LogP contribution in [0.5, 0.6) is 0 Å². The van der Waals surface area contributed by atoms with E-state index >= 15 is 0 Å². The van der Waals surface area contributed by atoms with Gasteiger partial charge in [0.25, 0.3) is 0 Å². The molecule has 0 aliphatic rings. The molecule has 144 valence electrons. The Morgan fingerprint density at radius 1 is 1.00 bits per heavy atom. The minimum atomic E-state index is -1.01. The predicted molar refractivity (Wildman–Crippen MR) is 100 cm³/mol. The fourth-order valence-electron chi connectivity index (χ4n) is 2.84. The van der Waals surface area contributed by atoms with Crippen molar-refractivity contribution >= 4 is 17.7 Å². The molecular formula is C21H25NO5. The van der Waals surface area contributed by atoms with Gasteiger partial charge in [-0.25, -0.2) is 0 Å². The number of ketones is 1. The molecule has 0 spiro atoms. The Bertz CT molecular complexity index is 790. The van der Waals surface area contributed by atoms with E-state index in [-0.39, 0.29) is 25.4 Å². The van der Waals surface area contributed by atoms with Crippen molar-refractivity contribution in [1.29, 1.82) is 0 Å². The number of hydrogen-bond acceptors (Lipinski definition) is 5. The second-order valence-electron chi connectivity index (χ2n) is 6.13. The second-order valence-corrected chi connectivity index (χ2v) is 6.13. The maximum Gasteiger partial charge on any atom is 0.320 e. The summed E-state index contributed by atoms with van der Waals surface area (Å²) in [7, 11) is 0. The molecule has 6 heteroatoms. The van der Waals surface area contributed by atoms with E-state index in [4.69, 9.17) is 9.47 Å². The van der Waals surface area contributed by atoms with Gasteiger partial charge < -0.3 is 14.0 Å². The number of aryl methyl sites for hydroxylation is 2. The van der Waals surface area contributed by atoms with Crippen molar-refractivity contribution in [3.63, 3.8) is 0 Å². The number of carbonyl (C=O) groups excluding carboxylic acids is 3. The number of ether oxygens (including phenoxy) is 2. The number of esters is 2. The topological polar surface area (TPSA) is 74.6 Å². The largest absolute Gasteiger partial charge is 0.465 e. The van der Waals surface area contributed by atoms with Gasteiger partial charge in [-0.05, 0) is 45.4 Å². The summed E-state index contributed by atoms with van der Waals surface area (Å²) in [4.78, 5) is 37.0. The van der Waals surface area contributed by atoms with Crippen molar-refractivity contribution in [2.24, 2.45) is 5.92 Å². The summed E-state index contributed by atoms with van der Waals surface area (Å²) >= 11 is 0. The van der Waals surface area contributed by atoms with Crippen LogP contribution in [0.25, 0.3) is 0 Å². The molecule has 0 aliphatic heterocycles. The number of benzene rings is 1. The molecule has 1 aromatic heterocycles. The molecule has 0 bridgehead atoms. The molecule has 0 amide bonds. The fraction of sp³-hybridized carbons (Fsp3) is 0.381. The number of rotatable bonds is 9. The summed E-state index contributed by atoms with van der Waals surface area (Å²) in [5.74, 6) is -2.31. The Kier molecular flexibility index (Phi) is 7.34. The van der Waals surface area contributed by atoms with E-state index in [9.17, 15) is 14.4 Å². The van der Waals surface area contributed by atoms with Crippen LogP contribution in [0, 0.1) is 12.8 Å². The number of hydrogen-bond donors (Lipinski definition) is 0. The third-order valence-corrected chi connectivity index (χ3v) is 4.14. The number of aromatic nitrogens is 1. The first-order valence-corrected chi connectivity index (χ1v) is 9.07. The van der Waals surface area contributed by atoms with Gasteiger partial charge in [0.1, 0.15) is 0 Å². The average molecular weight is 371 g/mol. The van der Waals surface area contributed by atoms with E-state index in [1.807, 2.05) is 25.1 Å². The Labute approximate surface area is 159 Å². The fourth-order valence-corrected chi connectivity index (χ4v) is 2.84. The van der Waals surface area contributed by atoms with Crippen LogP contribution < -0.4 is 0 Å². The van der Waals surface area contributed by atoms with Gasteiger partial charge in [-0.2, -0.15) is 0 Å². The summed E-state index contributed by atoms with van der Waals surface area (Å²) in [5.41, 5.74) is 2.11. The molecule has 1 heterocycles. The molecule has 0 saturated heterocycles. The molecule has 0 N–H and O–H groups in total. The molecule has 0 aliphatic carbocycles. The first-order chi connectivity index (χ1) is 13.0. The minimum absolute atomic E-state index is 0.104. The van der Waals surface area contributed by atoms with E-state index in [0.29, 0.717) is 17.8 Å². The summed E-state index contributed by atoms with van der Waals surface area (Å²) in [5, 5.41) is 0. The highest BCUT2D eigenvalue weighted by molar-refractivity contribution is 6.08. The van der Waals surface area contributed by atoms with Crippen molar-refractivity contribution in [3.05, 3.63) is 59.4 Å². The van der Waals surface area contributed by atoms with Crippen LogP contribution in [0.15, 0.2) is 42.6 Å². The minimum Gasteiger partial charge on any atom is -0.465 e. The normalized spacial score (nSPS) is 10.7. The average Bonchev–Trinajstić information content (AvgIpc) is 3.10. The van der Waals surface area contributed by atoms with Gasteiger partial charge >= 0.3 is 11.9 Å². The molecule has 0 unspecified atom stereocenters. The monoisotopic (exact) mass is 371 g/mol. The van der Waals surface area contributed by atoms with Crippen molar-refractivity contribution in [3.8, 4) is 0 Å². The lowest BCUT2D eigenvalue weighted by molar-refractivity contribution is -0.162. The second kappa shape index (κ2) is 9.71. The van der Waals surface area contributed by atoms with Crippen LogP contribution >= 0.6 is 0 Å². The summed E-state index contributed by atoms with van der Waals surface area (Å²) in [6, 6.07) is 10.9. The zero-order valence-electron chi connectivity index (χ0n) is 15.9. The van der Waals surface area contributed by atoms with Crippen LogP contribution in [0.1, 0.15) is 41.9 Å². The van der Waals surface area contributed by atoms with Crippen LogP contribution in [-0.2, 0) is 25.6 Å². The van der Waals surface area contributed by atoms with E-state index in [0.717, 1.165) is 5.56 Å². The van der Waals surface area contributed by atoms with Crippen LogP contribution in [0.3, 0.4) is 0 Å². The Morgan fingerprint density at radius 2 is 1.67 bits per heavy atom. The van der Waals surface area contributed by atoms with Gasteiger partial charge in [0.05, 0.1) is 18.9 Å². The highest BCUT2D eigenvalue weighted by atomic mass is 16.6. The van der Waals surface area contributed by atoms with Gasteiger partial charge in [-0.15, -0.1) is 0 Å². The van der Waals surface area contributed by atoms with Crippen molar-refractivity contribution in [2.75, 3.05) is 13.2 Å². The van der Waals surface area contributed by atoms with Crippen molar-refractivity contribution in [1.82, 2.24) is 4.57 Å². The maximum atomic E-state index is 12.8. The molecule has 0 saturated carbocycles. The summed E-state index contributed by atoms with van der Waals surface area (Å²) in [6.45, 7) is 6.00. The van der Waals surface area contributed by atoms with E-state index < -0.39 is 17.9 Å². The van der Waals surface area contributed by atoms with Crippen LogP contribution in [-0.4, -0.2) is 35.5 Å². The Hall–Kier alpha value is -2.89. The highest BCUT2D eigenvalue weighted by Gasteiger charge is 2.29. The van der Waals surface area contributed by atoms with E-state index in [1.54, 1.807) is 42.8 Å². The lowest BCUT2D eigenvalue weighted by Gasteiger charge is -2.15. The molecule has 2 rings (SSSR count). The van der Waals surface area contributed by atoms with E-state index in [1.165, 1.54) is 0 Å². The third kappa shape index (κ3) is 5.29. The van der Waals surface area contributed by atoms with Gasteiger partial charge in [-0.1, -0.05) is 23.8 Å². The van der Waals surface area contributed by atoms with Gasteiger partial charge in [0, 0.05) is 18.3 Å². The summed E-state index contributed by atoms with van der Waals surface area (Å²) in [6.07, 6.45) is 1.96. The quantitative estimate of drug-likeness (QED) is 0.384. The van der Waals surface area contributed by atoms with Crippen LogP contribution in [0.4, 0.5) is 0 Å². The lowest BCUT2D eigenvalue weighted by atomic mass is 10.0. The smallest absolute Gasteiger partial charge is 0.320 e. The Balaban J connectivity index is 2.15. The lowest BCUT2D eigenvalue weighted by Crippen LogP contribution is -2.29.